The summed E-state index contributed by atoms with van der Waals surface area (Å²) in [7, 11) is 3.21. The maximum atomic E-state index is 13.4. The van der Waals surface area contributed by atoms with E-state index in [0.717, 1.165) is 22.5 Å². The van der Waals surface area contributed by atoms with Crippen LogP contribution in [0.15, 0.2) is 66.7 Å². The average molecular weight is 374 g/mol. The molecule has 5 heteroatoms. The fourth-order valence-corrected chi connectivity index (χ4v) is 3.48. The van der Waals surface area contributed by atoms with Gasteiger partial charge in [-0.15, -0.1) is 0 Å². The standard InChI is InChI=1S/C23H22N2O3/c1-15-8-11-17(12-9-15)25-22(16-10-13-20(27-2)21(14-16)28-3)24-19-7-5-4-6-18(19)23(25)26/h4-14,22,24H,1-3H3/t22-/m0/s1. The van der Waals surface area contributed by atoms with Gasteiger partial charge in [0.1, 0.15) is 6.17 Å². The van der Waals surface area contributed by atoms with E-state index in [4.69, 9.17) is 9.47 Å². The maximum absolute atomic E-state index is 13.4. The second-order valence-corrected chi connectivity index (χ2v) is 6.72. The van der Waals surface area contributed by atoms with Crippen molar-refractivity contribution < 1.29 is 14.3 Å². The summed E-state index contributed by atoms with van der Waals surface area (Å²) in [5, 5.41) is 3.50. The molecule has 3 aromatic rings. The van der Waals surface area contributed by atoms with Crippen molar-refractivity contribution in [2.45, 2.75) is 13.1 Å². The number of hydrogen-bond acceptors (Lipinski definition) is 4. The monoisotopic (exact) mass is 374 g/mol. The molecule has 0 radical (unpaired) electrons. The quantitative estimate of drug-likeness (QED) is 0.714. The van der Waals surface area contributed by atoms with Gasteiger partial charge in [-0.2, -0.15) is 0 Å². The number of anilines is 2. The third-order valence-electron chi connectivity index (χ3n) is 4.96. The van der Waals surface area contributed by atoms with Crippen LogP contribution in [-0.4, -0.2) is 20.1 Å². The summed E-state index contributed by atoms with van der Waals surface area (Å²) in [5.41, 5.74) is 4.35. The van der Waals surface area contributed by atoms with Crippen molar-refractivity contribution in [2.24, 2.45) is 0 Å². The van der Waals surface area contributed by atoms with Crippen LogP contribution < -0.4 is 19.7 Å². The number of amides is 1. The number of hydrogen-bond donors (Lipinski definition) is 1. The van der Waals surface area contributed by atoms with Crippen molar-refractivity contribution in [1.82, 2.24) is 0 Å². The average Bonchev–Trinajstić information content (AvgIpc) is 2.74. The normalized spacial score (nSPS) is 15.6. The highest BCUT2D eigenvalue weighted by Gasteiger charge is 2.34. The van der Waals surface area contributed by atoms with Crippen molar-refractivity contribution in [3.05, 3.63) is 83.4 Å². The highest BCUT2D eigenvalue weighted by Crippen LogP contribution is 2.39. The van der Waals surface area contributed by atoms with Crippen molar-refractivity contribution in [2.75, 3.05) is 24.4 Å². The van der Waals surface area contributed by atoms with E-state index in [1.807, 2.05) is 73.7 Å². The molecule has 0 spiro atoms. The van der Waals surface area contributed by atoms with Gasteiger partial charge in [0.2, 0.25) is 0 Å². The lowest BCUT2D eigenvalue weighted by Gasteiger charge is -2.38. The molecule has 1 aliphatic rings. The Morgan fingerprint density at radius 2 is 1.61 bits per heavy atom. The summed E-state index contributed by atoms with van der Waals surface area (Å²) in [4.78, 5) is 15.2. The number of carbonyl (C=O) groups is 1. The molecule has 1 heterocycles. The third-order valence-corrected chi connectivity index (χ3v) is 4.96. The Bertz CT molecular complexity index is 1010. The summed E-state index contributed by atoms with van der Waals surface area (Å²) >= 11 is 0. The number of benzene rings is 3. The number of para-hydroxylation sites is 1. The van der Waals surface area contributed by atoms with E-state index >= 15 is 0 Å². The molecule has 0 bridgehead atoms. The van der Waals surface area contributed by atoms with Crippen LogP contribution in [0.3, 0.4) is 0 Å². The third kappa shape index (κ3) is 3.05. The highest BCUT2D eigenvalue weighted by atomic mass is 16.5. The highest BCUT2D eigenvalue weighted by molar-refractivity contribution is 6.12. The van der Waals surface area contributed by atoms with Crippen molar-refractivity contribution in [3.63, 3.8) is 0 Å². The predicted octanol–water partition coefficient (Wildman–Crippen LogP) is 4.78. The lowest BCUT2D eigenvalue weighted by atomic mass is 10.0. The number of ether oxygens (including phenoxy) is 2. The minimum absolute atomic E-state index is 0.0435. The van der Waals surface area contributed by atoms with Crippen LogP contribution in [-0.2, 0) is 0 Å². The fourth-order valence-electron chi connectivity index (χ4n) is 3.48. The molecule has 3 aromatic carbocycles. The molecule has 1 aliphatic heterocycles. The van der Waals surface area contributed by atoms with E-state index in [-0.39, 0.29) is 12.1 Å². The summed E-state index contributed by atoms with van der Waals surface area (Å²) in [6.45, 7) is 2.03. The number of rotatable bonds is 4. The maximum Gasteiger partial charge on any atom is 0.262 e. The van der Waals surface area contributed by atoms with Crippen LogP contribution in [0.1, 0.15) is 27.7 Å². The molecule has 1 N–H and O–H groups in total. The van der Waals surface area contributed by atoms with Gasteiger partial charge in [0.05, 0.1) is 19.8 Å². The zero-order chi connectivity index (χ0) is 19.7. The molecule has 0 fully saturated rings. The van der Waals surface area contributed by atoms with Gasteiger partial charge in [-0.3, -0.25) is 9.69 Å². The van der Waals surface area contributed by atoms with Crippen molar-refractivity contribution in [3.8, 4) is 11.5 Å². The molecule has 142 valence electrons. The Morgan fingerprint density at radius 1 is 0.893 bits per heavy atom. The first-order chi connectivity index (χ1) is 13.6. The first-order valence-corrected chi connectivity index (χ1v) is 9.10. The van der Waals surface area contributed by atoms with Gasteiger partial charge in [0, 0.05) is 11.4 Å². The second-order valence-electron chi connectivity index (χ2n) is 6.72. The Balaban J connectivity index is 1.85. The molecule has 0 aliphatic carbocycles. The Hall–Kier alpha value is -3.47. The molecule has 5 nitrogen and oxygen atoms in total. The van der Waals surface area contributed by atoms with Crippen LogP contribution >= 0.6 is 0 Å². The molecule has 4 rings (SSSR count). The van der Waals surface area contributed by atoms with Gasteiger partial charge in [-0.05, 0) is 48.9 Å². The number of fused-ring (bicyclic) bond motifs is 1. The SMILES string of the molecule is COc1ccc([C@H]2Nc3ccccc3C(=O)N2c2ccc(C)cc2)cc1OC. The zero-order valence-corrected chi connectivity index (χ0v) is 16.1. The Labute approximate surface area is 164 Å². The topological polar surface area (TPSA) is 50.8 Å². The fraction of sp³-hybridized carbons (Fsp3) is 0.174. The summed E-state index contributed by atoms with van der Waals surface area (Å²) in [6.07, 6.45) is -0.370. The number of nitrogens with one attached hydrogen (secondary N) is 1. The van der Waals surface area contributed by atoms with E-state index in [9.17, 15) is 4.79 Å². The smallest absolute Gasteiger partial charge is 0.262 e. The van der Waals surface area contributed by atoms with Gasteiger partial charge in [0.25, 0.3) is 5.91 Å². The van der Waals surface area contributed by atoms with Crippen LogP contribution in [0.2, 0.25) is 0 Å². The predicted molar refractivity (Wildman–Crippen MR) is 110 cm³/mol. The van der Waals surface area contributed by atoms with Crippen LogP contribution in [0.4, 0.5) is 11.4 Å². The van der Waals surface area contributed by atoms with Crippen LogP contribution in [0.5, 0.6) is 11.5 Å². The molecular formula is C23H22N2O3. The van der Waals surface area contributed by atoms with Gasteiger partial charge in [0.15, 0.2) is 11.5 Å². The first-order valence-electron chi connectivity index (χ1n) is 9.10. The summed E-state index contributed by atoms with van der Waals surface area (Å²) < 4.78 is 10.8. The van der Waals surface area contributed by atoms with Crippen LogP contribution in [0, 0.1) is 6.92 Å². The molecule has 1 atom stereocenters. The Morgan fingerprint density at radius 3 is 2.32 bits per heavy atom. The van der Waals surface area contributed by atoms with Gasteiger partial charge in [-0.25, -0.2) is 0 Å². The number of nitrogens with zero attached hydrogens (tertiary/aromatic N) is 1. The summed E-state index contributed by atoms with van der Waals surface area (Å²) in [6, 6.07) is 21.2. The minimum atomic E-state index is -0.370. The van der Waals surface area contributed by atoms with E-state index in [0.29, 0.717) is 17.1 Å². The van der Waals surface area contributed by atoms with Gasteiger partial charge in [-0.1, -0.05) is 35.9 Å². The van der Waals surface area contributed by atoms with E-state index in [2.05, 4.69) is 5.32 Å². The van der Waals surface area contributed by atoms with E-state index in [1.54, 1.807) is 19.1 Å². The lowest BCUT2D eigenvalue weighted by Crippen LogP contribution is -2.43. The Kier molecular flexibility index (Phi) is 4.65. The first kappa shape index (κ1) is 17.9. The van der Waals surface area contributed by atoms with Crippen molar-refractivity contribution in [1.29, 1.82) is 0 Å². The number of methoxy groups -OCH3 is 2. The number of carbonyl (C=O) groups excluding carboxylic acids is 1. The van der Waals surface area contributed by atoms with Gasteiger partial charge < -0.3 is 14.8 Å². The van der Waals surface area contributed by atoms with Crippen molar-refractivity contribution >= 4 is 17.3 Å². The van der Waals surface area contributed by atoms with Gasteiger partial charge >= 0.3 is 0 Å². The molecular weight excluding hydrogens is 352 g/mol. The molecule has 0 aromatic heterocycles. The molecule has 1 amide bonds. The van der Waals surface area contributed by atoms with Crippen LogP contribution in [0.25, 0.3) is 0 Å². The summed E-state index contributed by atoms with van der Waals surface area (Å²) in [5.74, 6) is 1.23. The molecule has 0 saturated carbocycles. The molecule has 0 saturated heterocycles. The van der Waals surface area contributed by atoms with E-state index < -0.39 is 0 Å². The number of aryl methyl sites for hydroxylation is 1. The minimum Gasteiger partial charge on any atom is -0.493 e. The van der Waals surface area contributed by atoms with E-state index in [1.165, 1.54) is 0 Å². The largest absolute Gasteiger partial charge is 0.493 e. The zero-order valence-electron chi connectivity index (χ0n) is 16.1. The second kappa shape index (κ2) is 7.27. The lowest BCUT2D eigenvalue weighted by molar-refractivity contribution is 0.0975. The molecule has 0 unspecified atom stereocenters. The molecule has 28 heavy (non-hydrogen) atoms.